The molecule has 194 valence electrons. The lowest BCUT2D eigenvalue weighted by atomic mass is 9.96. The highest BCUT2D eigenvalue weighted by Crippen LogP contribution is 2.33. The summed E-state index contributed by atoms with van der Waals surface area (Å²) in [6.07, 6.45) is 0.572. The summed E-state index contributed by atoms with van der Waals surface area (Å²) in [7, 11) is 0. The van der Waals surface area contributed by atoms with Gasteiger partial charge in [-0.15, -0.1) is 0 Å². The van der Waals surface area contributed by atoms with Gasteiger partial charge < -0.3 is 14.2 Å². The van der Waals surface area contributed by atoms with E-state index < -0.39 is 17.8 Å². The van der Waals surface area contributed by atoms with Crippen molar-refractivity contribution >= 4 is 23.6 Å². The fraction of sp³-hybridized carbons (Fsp3) is 0.333. The van der Waals surface area contributed by atoms with Crippen LogP contribution in [0.3, 0.4) is 0 Å². The standard InChI is InChI=1S/C30H34N2O5/c1-21-14-17-27(25(18-21)31-28(33)37-30(2,3)4)35-20-24-16-15-23-12-8-9-13-26(23)32(24)29(34)36-19-22-10-6-5-7-11-22/h5-14,17-18,24H,15-16,19-20H2,1-4H3,(H,31,33). The van der Waals surface area contributed by atoms with Crippen molar-refractivity contribution in [2.75, 3.05) is 16.8 Å². The molecule has 0 saturated carbocycles. The van der Waals surface area contributed by atoms with Crippen LogP contribution in [0.5, 0.6) is 5.75 Å². The van der Waals surface area contributed by atoms with Crippen LogP contribution >= 0.6 is 0 Å². The Kier molecular flexibility index (Phi) is 8.01. The molecule has 0 radical (unpaired) electrons. The van der Waals surface area contributed by atoms with Gasteiger partial charge in [0.1, 0.15) is 24.6 Å². The van der Waals surface area contributed by atoms with E-state index in [0.717, 1.165) is 35.2 Å². The average Bonchev–Trinajstić information content (AvgIpc) is 2.86. The Hall–Kier alpha value is -4.00. The molecular weight excluding hydrogens is 468 g/mol. The number of amides is 2. The zero-order valence-electron chi connectivity index (χ0n) is 21.8. The number of ether oxygens (including phenoxy) is 3. The van der Waals surface area contributed by atoms with Gasteiger partial charge in [-0.05, 0) is 75.4 Å². The molecule has 1 heterocycles. The number of nitrogens with one attached hydrogen (secondary N) is 1. The van der Waals surface area contributed by atoms with Gasteiger partial charge in [-0.2, -0.15) is 0 Å². The highest BCUT2D eigenvalue weighted by Gasteiger charge is 2.33. The summed E-state index contributed by atoms with van der Waals surface area (Å²) in [5, 5.41) is 2.79. The van der Waals surface area contributed by atoms with E-state index in [4.69, 9.17) is 14.2 Å². The molecule has 0 aliphatic carbocycles. The van der Waals surface area contributed by atoms with Crippen molar-refractivity contribution < 1.29 is 23.8 Å². The van der Waals surface area contributed by atoms with Gasteiger partial charge in [0.15, 0.2) is 0 Å². The largest absolute Gasteiger partial charge is 0.489 e. The monoisotopic (exact) mass is 502 g/mol. The molecule has 2 amide bonds. The zero-order valence-corrected chi connectivity index (χ0v) is 21.8. The molecule has 7 heteroatoms. The Bertz CT molecular complexity index is 1240. The fourth-order valence-electron chi connectivity index (χ4n) is 4.27. The van der Waals surface area contributed by atoms with Crippen molar-refractivity contribution in [3.05, 3.63) is 89.5 Å². The van der Waals surface area contributed by atoms with Gasteiger partial charge in [-0.25, -0.2) is 9.59 Å². The molecule has 37 heavy (non-hydrogen) atoms. The van der Waals surface area contributed by atoms with Crippen LogP contribution in [0.2, 0.25) is 0 Å². The van der Waals surface area contributed by atoms with E-state index in [1.807, 2.05) is 100 Å². The Labute approximate surface area is 218 Å². The minimum Gasteiger partial charge on any atom is -0.489 e. The number of para-hydroxylation sites is 1. The van der Waals surface area contributed by atoms with Gasteiger partial charge in [0.2, 0.25) is 0 Å². The number of anilines is 2. The Morgan fingerprint density at radius 3 is 2.49 bits per heavy atom. The van der Waals surface area contributed by atoms with Crippen LogP contribution in [0.15, 0.2) is 72.8 Å². The van der Waals surface area contributed by atoms with Crippen LogP contribution in [0.25, 0.3) is 0 Å². The van der Waals surface area contributed by atoms with Crippen molar-refractivity contribution in [3.8, 4) is 5.75 Å². The molecule has 0 saturated heterocycles. The second-order valence-electron chi connectivity index (χ2n) is 10.2. The molecule has 1 unspecified atom stereocenters. The molecule has 1 N–H and O–H groups in total. The quantitative estimate of drug-likeness (QED) is 0.398. The summed E-state index contributed by atoms with van der Waals surface area (Å²) in [6.45, 7) is 7.80. The second-order valence-corrected chi connectivity index (χ2v) is 10.2. The molecule has 0 fully saturated rings. The molecule has 4 rings (SSSR count). The van der Waals surface area contributed by atoms with E-state index in [1.54, 1.807) is 4.90 Å². The van der Waals surface area contributed by atoms with Gasteiger partial charge in [-0.1, -0.05) is 54.6 Å². The number of hydrogen-bond acceptors (Lipinski definition) is 5. The second kappa shape index (κ2) is 11.4. The average molecular weight is 503 g/mol. The molecule has 3 aromatic carbocycles. The maximum absolute atomic E-state index is 13.3. The maximum Gasteiger partial charge on any atom is 0.415 e. The lowest BCUT2D eigenvalue weighted by molar-refractivity contribution is 0.0635. The lowest BCUT2D eigenvalue weighted by Crippen LogP contribution is -2.47. The summed E-state index contributed by atoms with van der Waals surface area (Å²) in [4.78, 5) is 27.4. The van der Waals surface area contributed by atoms with E-state index in [9.17, 15) is 9.59 Å². The predicted octanol–water partition coefficient (Wildman–Crippen LogP) is 6.88. The summed E-state index contributed by atoms with van der Waals surface area (Å²) in [6, 6.07) is 22.8. The molecule has 3 aromatic rings. The van der Waals surface area contributed by atoms with Gasteiger partial charge in [0, 0.05) is 0 Å². The van der Waals surface area contributed by atoms with E-state index in [0.29, 0.717) is 11.4 Å². The number of rotatable bonds is 6. The number of aryl methyl sites for hydroxylation is 2. The van der Waals surface area contributed by atoms with Crippen molar-refractivity contribution in [1.82, 2.24) is 0 Å². The van der Waals surface area contributed by atoms with Crippen molar-refractivity contribution in [2.45, 2.75) is 58.8 Å². The number of nitrogens with zero attached hydrogens (tertiary/aromatic N) is 1. The first-order valence-electron chi connectivity index (χ1n) is 12.5. The Balaban J connectivity index is 1.50. The smallest absolute Gasteiger partial charge is 0.415 e. The van der Waals surface area contributed by atoms with Gasteiger partial charge in [0.25, 0.3) is 0 Å². The topological polar surface area (TPSA) is 77.1 Å². The van der Waals surface area contributed by atoms with Gasteiger partial charge in [-0.3, -0.25) is 10.2 Å². The Morgan fingerprint density at radius 2 is 1.73 bits per heavy atom. The van der Waals surface area contributed by atoms with Crippen molar-refractivity contribution in [2.24, 2.45) is 0 Å². The minimum atomic E-state index is -0.620. The van der Waals surface area contributed by atoms with Crippen LogP contribution in [0, 0.1) is 6.92 Å². The molecule has 0 aromatic heterocycles. The van der Waals surface area contributed by atoms with Crippen LogP contribution in [0.4, 0.5) is 21.0 Å². The van der Waals surface area contributed by atoms with E-state index >= 15 is 0 Å². The molecule has 0 spiro atoms. The normalized spacial score (nSPS) is 14.9. The first-order valence-corrected chi connectivity index (χ1v) is 12.5. The van der Waals surface area contributed by atoms with Crippen molar-refractivity contribution in [3.63, 3.8) is 0 Å². The minimum absolute atomic E-state index is 0.188. The predicted molar refractivity (Wildman–Crippen MR) is 144 cm³/mol. The highest BCUT2D eigenvalue weighted by atomic mass is 16.6. The molecule has 1 aliphatic rings. The summed E-state index contributed by atoms with van der Waals surface area (Å²) < 4.78 is 17.3. The van der Waals surface area contributed by atoms with E-state index in [2.05, 4.69) is 5.32 Å². The fourth-order valence-corrected chi connectivity index (χ4v) is 4.27. The number of hydrogen-bond donors (Lipinski definition) is 1. The molecule has 1 atom stereocenters. The number of carbonyl (C=O) groups excluding carboxylic acids is 2. The molecule has 0 bridgehead atoms. The summed E-state index contributed by atoms with van der Waals surface area (Å²) in [5.74, 6) is 0.507. The molecule has 7 nitrogen and oxygen atoms in total. The van der Waals surface area contributed by atoms with Crippen molar-refractivity contribution in [1.29, 1.82) is 0 Å². The SMILES string of the molecule is Cc1ccc(OCC2CCc3ccccc3N2C(=O)OCc2ccccc2)c(NC(=O)OC(C)(C)C)c1. The van der Waals surface area contributed by atoms with Crippen LogP contribution in [0.1, 0.15) is 43.9 Å². The number of benzene rings is 3. The number of fused-ring (bicyclic) bond motifs is 1. The lowest BCUT2D eigenvalue weighted by Gasteiger charge is -2.36. The third kappa shape index (κ3) is 7.03. The van der Waals surface area contributed by atoms with Crippen LogP contribution in [-0.4, -0.2) is 30.4 Å². The molecular formula is C30H34N2O5. The summed E-state index contributed by atoms with van der Waals surface area (Å²) in [5.41, 5.74) is 3.71. The number of carbonyl (C=O) groups is 2. The van der Waals surface area contributed by atoms with E-state index in [1.165, 1.54) is 0 Å². The maximum atomic E-state index is 13.3. The third-order valence-corrected chi connectivity index (χ3v) is 5.97. The summed E-state index contributed by atoms with van der Waals surface area (Å²) >= 11 is 0. The van der Waals surface area contributed by atoms with Crippen LogP contribution in [-0.2, 0) is 22.5 Å². The third-order valence-electron chi connectivity index (χ3n) is 5.97. The Morgan fingerprint density at radius 1 is 1.00 bits per heavy atom. The van der Waals surface area contributed by atoms with Crippen LogP contribution < -0.4 is 15.0 Å². The molecule has 1 aliphatic heterocycles. The first-order chi connectivity index (χ1) is 17.7. The van der Waals surface area contributed by atoms with Gasteiger partial charge in [0.05, 0.1) is 17.4 Å². The van der Waals surface area contributed by atoms with Gasteiger partial charge >= 0.3 is 12.2 Å². The highest BCUT2D eigenvalue weighted by molar-refractivity contribution is 5.90. The van der Waals surface area contributed by atoms with E-state index in [-0.39, 0.29) is 19.3 Å². The first kappa shape index (κ1) is 26.1. The zero-order chi connectivity index (χ0) is 26.4.